The lowest BCUT2D eigenvalue weighted by molar-refractivity contribution is 0.590. The number of nitrogens with zero attached hydrogens (tertiary/aromatic N) is 4. The minimum absolute atomic E-state index is 0.0310. The van der Waals surface area contributed by atoms with E-state index in [9.17, 15) is 0 Å². The van der Waals surface area contributed by atoms with Crippen LogP contribution in [0.15, 0.2) is 170 Å². The van der Waals surface area contributed by atoms with Crippen LogP contribution in [0.5, 0.6) is 0 Å². The number of hydrogen-bond donors (Lipinski definition) is 0. The SMILES string of the molecule is CC(C)(C)c1ccc(N(c2ccc(C(C)(C)C)cc2)c2ccc3c4cc5c(cc4n4c6ccc(C(C)(C)C)cc6c2c34)c2ccc(N(c3ccc(C(C)(C)C)cc3)c3ccc(C(C)(C)C)cc3)c3c4cc(C(C)(C)C)ccc4n5c23)cc1. The fourth-order valence-electron chi connectivity index (χ4n) is 13.2. The van der Waals surface area contributed by atoms with Gasteiger partial charge in [-0.15, -0.1) is 0 Å². The van der Waals surface area contributed by atoms with Gasteiger partial charge in [0.05, 0.1) is 44.5 Å². The van der Waals surface area contributed by atoms with Crippen molar-refractivity contribution >= 4 is 110 Å². The van der Waals surface area contributed by atoms with Crippen LogP contribution in [0.25, 0.3) is 76.2 Å². The molecule has 0 spiro atoms. The molecule has 82 heavy (non-hydrogen) atoms. The molecular weight excluding hydrogens is 993 g/mol. The van der Waals surface area contributed by atoms with E-state index in [1.165, 1.54) is 121 Å². The first-order valence-corrected chi connectivity index (χ1v) is 29.9. The summed E-state index contributed by atoms with van der Waals surface area (Å²) in [6.07, 6.45) is 0. The van der Waals surface area contributed by atoms with Crippen LogP contribution < -0.4 is 9.80 Å². The summed E-state index contributed by atoms with van der Waals surface area (Å²) in [5.74, 6) is 0. The molecule has 0 radical (unpaired) electrons. The molecule has 4 heteroatoms. The Labute approximate surface area is 486 Å². The third-order valence-electron chi connectivity index (χ3n) is 18.1. The summed E-state index contributed by atoms with van der Waals surface area (Å²) in [6.45, 7) is 41.6. The molecule has 0 saturated heterocycles. The molecular formula is C78H82N4. The first kappa shape index (κ1) is 53.5. The van der Waals surface area contributed by atoms with E-state index in [0.29, 0.717) is 0 Å². The Kier molecular flexibility index (Phi) is 11.6. The van der Waals surface area contributed by atoms with Crippen molar-refractivity contribution in [3.05, 3.63) is 203 Å². The minimum Gasteiger partial charge on any atom is -0.310 e. The summed E-state index contributed by atoms with van der Waals surface area (Å²) in [5, 5.41) is 10.1. The van der Waals surface area contributed by atoms with Gasteiger partial charge in [-0.3, -0.25) is 0 Å². The number of hydrogen-bond acceptors (Lipinski definition) is 2. The fraction of sp³-hybridized carbons (Fsp3) is 0.308. The van der Waals surface area contributed by atoms with Gasteiger partial charge in [-0.25, -0.2) is 0 Å². The van der Waals surface area contributed by atoms with E-state index in [4.69, 9.17) is 0 Å². The van der Waals surface area contributed by atoms with Gasteiger partial charge in [0.15, 0.2) is 0 Å². The van der Waals surface area contributed by atoms with Gasteiger partial charge >= 0.3 is 0 Å². The van der Waals surface area contributed by atoms with Crippen molar-refractivity contribution in [2.24, 2.45) is 0 Å². The summed E-state index contributed by atoms with van der Waals surface area (Å²) >= 11 is 0. The fourth-order valence-corrected chi connectivity index (χ4v) is 13.2. The van der Waals surface area contributed by atoms with Gasteiger partial charge < -0.3 is 18.6 Å². The van der Waals surface area contributed by atoms with Crippen molar-refractivity contribution in [2.75, 3.05) is 9.80 Å². The highest BCUT2D eigenvalue weighted by molar-refractivity contribution is 6.32. The molecule has 0 amide bonds. The van der Waals surface area contributed by atoms with Crippen molar-refractivity contribution in [1.29, 1.82) is 0 Å². The maximum absolute atomic E-state index is 2.60. The molecule has 4 heterocycles. The maximum atomic E-state index is 2.60. The van der Waals surface area contributed by atoms with Crippen LogP contribution in [0.3, 0.4) is 0 Å². The highest BCUT2D eigenvalue weighted by Gasteiger charge is 2.31. The molecule has 0 fully saturated rings. The van der Waals surface area contributed by atoms with Crippen LogP contribution in [0, 0.1) is 0 Å². The smallest absolute Gasteiger partial charge is 0.0641 e. The zero-order chi connectivity index (χ0) is 58.1. The maximum Gasteiger partial charge on any atom is 0.0641 e. The molecule has 0 N–H and O–H groups in total. The molecule has 414 valence electrons. The monoisotopic (exact) mass is 1070 g/mol. The van der Waals surface area contributed by atoms with Crippen LogP contribution in [0.1, 0.15) is 158 Å². The van der Waals surface area contributed by atoms with Crippen molar-refractivity contribution in [1.82, 2.24) is 8.80 Å². The van der Waals surface area contributed by atoms with Crippen LogP contribution in [0.2, 0.25) is 0 Å². The predicted octanol–water partition coefficient (Wildman–Crippen LogP) is 22.7. The van der Waals surface area contributed by atoms with Crippen LogP contribution in [0.4, 0.5) is 34.1 Å². The zero-order valence-corrected chi connectivity index (χ0v) is 52.0. The lowest BCUT2D eigenvalue weighted by Gasteiger charge is -2.29. The van der Waals surface area contributed by atoms with Gasteiger partial charge in [-0.1, -0.05) is 197 Å². The summed E-state index contributed by atoms with van der Waals surface area (Å²) in [7, 11) is 0. The van der Waals surface area contributed by atoms with E-state index in [0.717, 1.165) is 22.7 Å². The van der Waals surface area contributed by atoms with Crippen molar-refractivity contribution < 1.29 is 0 Å². The Morgan fingerprint density at radius 1 is 0.232 bits per heavy atom. The van der Waals surface area contributed by atoms with Gasteiger partial charge in [-0.2, -0.15) is 0 Å². The van der Waals surface area contributed by atoms with Gasteiger partial charge in [0, 0.05) is 65.8 Å². The predicted molar refractivity (Wildman–Crippen MR) is 357 cm³/mol. The Balaban J connectivity index is 1.11. The largest absolute Gasteiger partial charge is 0.310 e. The second kappa shape index (κ2) is 17.8. The summed E-state index contributed by atoms with van der Waals surface area (Å²) in [5.41, 5.74) is 22.3. The van der Waals surface area contributed by atoms with E-state index in [2.05, 4.69) is 313 Å². The molecule has 9 aromatic carbocycles. The van der Waals surface area contributed by atoms with Crippen LogP contribution >= 0.6 is 0 Å². The molecule has 0 aliphatic heterocycles. The van der Waals surface area contributed by atoms with E-state index >= 15 is 0 Å². The molecule has 13 aromatic rings. The number of aromatic nitrogens is 2. The Morgan fingerprint density at radius 2 is 0.488 bits per heavy atom. The van der Waals surface area contributed by atoms with E-state index in [1.54, 1.807) is 0 Å². The van der Waals surface area contributed by atoms with Crippen molar-refractivity contribution in [3.8, 4) is 0 Å². The summed E-state index contributed by atoms with van der Waals surface area (Å²) in [6, 6.07) is 66.5. The second-order valence-corrected chi connectivity index (χ2v) is 30.1. The minimum atomic E-state index is -0.0444. The van der Waals surface area contributed by atoms with Crippen molar-refractivity contribution in [3.63, 3.8) is 0 Å². The standard InChI is InChI=1S/C78H82N4/c1-73(2,3)47-19-29-53(30-20-47)79(54-31-21-48(22-32-54)74(4,5)6)65-41-37-57-59-45-68-60(46-67(59)81-63-39-27-51(77(13,14)15)43-61(63)69(65)71(57)81)58-38-42-66(70-62-44-52(78(16,17)18)28-40-64(62)82(68)72(58)70)80(55-33-23-49(24-34-55)75(7,8)9)56-35-25-50(26-36-56)76(10,11)12/h19-46H,1-18H3. The van der Waals surface area contributed by atoms with Gasteiger partial charge in [0.25, 0.3) is 0 Å². The third-order valence-corrected chi connectivity index (χ3v) is 18.1. The first-order chi connectivity index (χ1) is 38.5. The number of anilines is 6. The highest BCUT2D eigenvalue weighted by atomic mass is 15.2. The molecule has 0 atom stereocenters. The molecule has 0 aliphatic carbocycles. The number of benzene rings is 9. The van der Waals surface area contributed by atoms with Gasteiger partial charge in [-0.05, 0) is 163 Å². The normalized spacial score (nSPS) is 13.5. The quantitative estimate of drug-likeness (QED) is 0.165. The summed E-state index contributed by atoms with van der Waals surface area (Å²) in [4.78, 5) is 5.02. The zero-order valence-electron chi connectivity index (χ0n) is 52.0. The van der Waals surface area contributed by atoms with Crippen molar-refractivity contribution in [2.45, 2.75) is 157 Å². The van der Waals surface area contributed by atoms with Crippen LogP contribution in [-0.4, -0.2) is 8.80 Å². The van der Waals surface area contributed by atoms with Crippen LogP contribution in [-0.2, 0) is 32.5 Å². The number of rotatable bonds is 6. The molecule has 4 nitrogen and oxygen atoms in total. The second-order valence-electron chi connectivity index (χ2n) is 30.1. The lowest BCUT2D eigenvalue weighted by atomic mass is 9.86. The molecule has 0 saturated carbocycles. The van der Waals surface area contributed by atoms with Gasteiger partial charge in [0.1, 0.15) is 0 Å². The van der Waals surface area contributed by atoms with E-state index < -0.39 is 0 Å². The third kappa shape index (κ3) is 8.44. The summed E-state index contributed by atoms with van der Waals surface area (Å²) < 4.78 is 5.21. The van der Waals surface area contributed by atoms with E-state index in [1.807, 2.05) is 0 Å². The average molecular weight is 1080 g/mol. The Bertz CT molecular complexity index is 4200. The Hall–Kier alpha value is -7.82. The molecule has 0 bridgehead atoms. The van der Waals surface area contributed by atoms with E-state index in [-0.39, 0.29) is 32.5 Å². The topological polar surface area (TPSA) is 15.3 Å². The number of fused-ring (bicyclic) bond motifs is 12. The molecule has 0 aliphatic rings. The first-order valence-electron chi connectivity index (χ1n) is 29.9. The Morgan fingerprint density at radius 3 is 0.744 bits per heavy atom. The molecule has 13 rings (SSSR count). The average Bonchev–Trinajstić information content (AvgIpc) is 1.78. The lowest BCUT2D eigenvalue weighted by Crippen LogP contribution is -2.14. The molecule has 4 aromatic heterocycles. The molecule has 0 unspecified atom stereocenters. The highest BCUT2D eigenvalue weighted by Crippen LogP contribution is 2.52. The van der Waals surface area contributed by atoms with Gasteiger partial charge in [0.2, 0.25) is 0 Å².